The molecule has 0 aliphatic rings. The van der Waals surface area contributed by atoms with Gasteiger partial charge in [0.15, 0.2) is 0 Å². The number of nitrogens with zero attached hydrogens (tertiary/aromatic N) is 1. The molecule has 2 rings (SSSR count). The Bertz CT molecular complexity index is 770. The van der Waals surface area contributed by atoms with Crippen LogP contribution in [0.3, 0.4) is 0 Å². The summed E-state index contributed by atoms with van der Waals surface area (Å²) in [6, 6.07) is 6.67. The monoisotopic (exact) mass is 342 g/mol. The number of thiophene rings is 1. The van der Waals surface area contributed by atoms with Crippen molar-refractivity contribution in [2.24, 2.45) is 0 Å². The van der Waals surface area contributed by atoms with E-state index in [9.17, 15) is 17.6 Å². The van der Waals surface area contributed by atoms with Crippen LogP contribution in [0.1, 0.15) is 16.6 Å². The van der Waals surface area contributed by atoms with E-state index in [1.165, 1.54) is 47.1 Å². The lowest BCUT2D eigenvalue weighted by atomic mass is 10.3. The Morgan fingerprint density at radius 1 is 1.32 bits per heavy atom. The highest BCUT2D eigenvalue weighted by Gasteiger charge is 2.22. The van der Waals surface area contributed by atoms with Crippen molar-refractivity contribution in [2.75, 3.05) is 18.9 Å². The van der Waals surface area contributed by atoms with Crippen molar-refractivity contribution in [2.45, 2.75) is 11.8 Å². The Balaban J connectivity index is 2.17. The smallest absolute Gasteiger partial charge is 0.265 e. The first-order valence-corrected chi connectivity index (χ1v) is 8.78. The molecule has 5 nitrogen and oxygen atoms in total. The molecule has 0 saturated heterocycles. The Morgan fingerprint density at radius 2 is 1.95 bits per heavy atom. The minimum absolute atomic E-state index is 0.0890. The van der Waals surface area contributed by atoms with E-state index >= 15 is 0 Å². The number of rotatable bonds is 5. The summed E-state index contributed by atoms with van der Waals surface area (Å²) in [7, 11) is -2.09. The Labute approximate surface area is 132 Å². The second kappa shape index (κ2) is 6.55. The molecular weight excluding hydrogens is 327 g/mol. The van der Waals surface area contributed by atoms with E-state index < -0.39 is 21.7 Å². The van der Waals surface area contributed by atoms with Crippen molar-refractivity contribution in [3.63, 3.8) is 0 Å². The fourth-order valence-electron chi connectivity index (χ4n) is 1.65. The number of carbonyl (C=O) groups excluding carboxylic acids is 1. The van der Waals surface area contributed by atoms with Crippen molar-refractivity contribution >= 4 is 33.0 Å². The zero-order valence-corrected chi connectivity index (χ0v) is 13.7. The van der Waals surface area contributed by atoms with Gasteiger partial charge in [0.25, 0.3) is 5.91 Å². The summed E-state index contributed by atoms with van der Waals surface area (Å²) in [5.41, 5.74) is 0.440. The van der Waals surface area contributed by atoms with Crippen LogP contribution >= 0.6 is 11.3 Å². The number of hydrogen-bond donors (Lipinski definition) is 1. The molecule has 0 fully saturated rings. The third-order valence-corrected chi connectivity index (χ3v) is 6.04. The maximum atomic E-state index is 12.8. The van der Waals surface area contributed by atoms with Crippen LogP contribution in [0.5, 0.6) is 0 Å². The molecule has 0 atom stereocenters. The highest BCUT2D eigenvalue weighted by Crippen LogP contribution is 2.23. The summed E-state index contributed by atoms with van der Waals surface area (Å²) in [5, 5.41) is 4.02. The lowest BCUT2D eigenvalue weighted by Crippen LogP contribution is -2.26. The van der Waals surface area contributed by atoms with Crippen molar-refractivity contribution < 1.29 is 17.6 Å². The second-order valence-corrected chi connectivity index (χ2v) is 7.48. The average molecular weight is 342 g/mol. The number of carbonyl (C=O) groups is 1. The van der Waals surface area contributed by atoms with Crippen LogP contribution in [0.2, 0.25) is 0 Å². The van der Waals surface area contributed by atoms with Gasteiger partial charge in [-0.05, 0) is 30.3 Å². The second-order valence-electron chi connectivity index (χ2n) is 4.53. The van der Waals surface area contributed by atoms with Gasteiger partial charge in [0.05, 0.1) is 9.77 Å². The molecule has 0 aliphatic heterocycles. The number of hydrogen-bond acceptors (Lipinski definition) is 4. The molecule has 0 radical (unpaired) electrons. The Morgan fingerprint density at radius 3 is 2.55 bits per heavy atom. The molecule has 0 spiro atoms. The Kier molecular flexibility index (Phi) is 4.94. The first-order chi connectivity index (χ1) is 10.3. The van der Waals surface area contributed by atoms with Gasteiger partial charge in [-0.1, -0.05) is 6.92 Å². The van der Waals surface area contributed by atoms with E-state index in [1.54, 1.807) is 6.92 Å². The molecule has 8 heteroatoms. The number of halogens is 1. The van der Waals surface area contributed by atoms with Gasteiger partial charge in [-0.15, -0.1) is 11.3 Å². The predicted molar refractivity (Wildman–Crippen MR) is 84.2 cm³/mol. The van der Waals surface area contributed by atoms with Crippen LogP contribution in [0.25, 0.3) is 0 Å². The molecular formula is C14H15FN2O3S2. The van der Waals surface area contributed by atoms with E-state index in [0.29, 0.717) is 12.2 Å². The molecule has 1 amide bonds. The SMILES string of the molecule is CCN(C)S(=O)(=O)c1csc(C(=O)Nc2ccc(F)cc2)c1. The zero-order chi connectivity index (χ0) is 16.3. The molecule has 22 heavy (non-hydrogen) atoms. The normalized spacial score (nSPS) is 11.6. The van der Waals surface area contributed by atoms with Gasteiger partial charge in [-0.2, -0.15) is 0 Å². The number of benzene rings is 1. The van der Waals surface area contributed by atoms with E-state index in [4.69, 9.17) is 0 Å². The Hall–Kier alpha value is -1.77. The van der Waals surface area contributed by atoms with E-state index in [2.05, 4.69) is 5.32 Å². The van der Waals surface area contributed by atoms with Gasteiger partial charge in [0.2, 0.25) is 10.0 Å². The molecule has 1 aromatic carbocycles. The van der Waals surface area contributed by atoms with Gasteiger partial charge >= 0.3 is 0 Å². The third kappa shape index (κ3) is 3.52. The summed E-state index contributed by atoms with van der Waals surface area (Å²) >= 11 is 1.04. The zero-order valence-electron chi connectivity index (χ0n) is 12.0. The van der Waals surface area contributed by atoms with Gasteiger partial charge in [-0.3, -0.25) is 4.79 Å². The maximum Gasteiger partial charge on any atom is 0.265 e. The lowest BCUT2D eigenvalue weighted by Gasteiger charge is -2.12. The summed E-state index contributed by atoms with van der Waals surface area (Å²) < 4.78 is 38.3. The summed E-state index contributed by atoms with van der Waals surface area (Å²) in [6.45, 7) is 2.07. The molecule has 0 aliphatic carbocycles. The fourth-order valence-corrected chi connectivity index (χ4v) is 3.99. The average Bonchev–Trinajstić information content (AvgIpc) is 2.99. The molecule has 0 bridgehead atoms. The van der Waals surface area contributed by atoms with Crippen molar-refractivity contribution in [1.29, 1.82) is 0 Å². The summed E-state index contributed by atoms with van der Waals surface area (Å²) in [4.78, 5) is 12.4. The van der Waals surface area contributed by atoms with E-state index in [1.807, 2.05) is 0 Å². The molecule has 118 valence electrons. The molecule has 1 N–H and O–H groups in total. The quantitative estimate of drug-likeness (QED) is 0.908. The van der Waals surface area contributed by atoms with Crippen LogP contribution in [0.4, 0.5) is 10.1 Å². The molecule has 0 saturated carbocycles. The first-order valence-electron chi connectivity index (χ1n) is 6.46. The van der Waals surface area contributed by atoms with Gasteiger partial charge < -0.3 is 5.32 Å². The van der Waals surface area contributed by atoms with Crippen LogP contribution in [-0.4, -0.2) is 32.2 Å². The number of sulfonamides is 1. The van der Waals surface area contributed by atoms with Crippen LogP contribution in [-0.2, 0) is 10.0 Å². The highest BCUT2D eigenvalue weighted by atomic mass is 32.2. The predicted octanol–water partition coefficient (Wildman–Crippen LogP) is 2.78. The standard InChI is InChI=1S/C14H15FN2O3S2/c1-3-17(2)22(19,20)12-8-13(21-9-12)14(18)16-11-6-4-10(15)5-7-11/h4-9H,3H2,1-2H3,(H,16,18). The van der Waals surface area contributed by atoms with Crippen LogP contribution in [0, 0.1) is 5.82 Å². The topological polar surface area (TPSA) is 66.5 Å². The van der Waals surface area contributed by atoms with Gasteiger partial charge in [0, 0.05) is 24.7 Å². The van der Waals surface area contributed by atoms with Crippen LogP contribution in [0.15, 0.2) is 40.6 Å². The lowest BCUT2D eigenvalue weighted by molar-refractivity contribution is 0.103. The molecule has 2 aromatic rings. The van der Waals surface area contributed by atoms with E-state index in [-0.39, 0.29) is 9.77 Å². The summed E-state index contributed by atoms with van der Waals surface area (Å²) in [5.74, 6) is -0.831. The fraction of sp³-hybridized carbons (Fsp3) is 0.214. The molecule has 0 unspecified atom stereocenters. The van der Waals surface area contributed by atoms with Crippen LogP contribution < -0.4 is 5.32 Å². The minimum Gasteiger partial charge on any atom is -0.321 e. The number of anilines is 1. The largest absolute Gasteiger partial charge is 0.321 e. The first kappa shape index (κ1) is 16.6. The van der Waals surface area contributed by atoms with Crippen molar-refractivity contribution in [3.05, 3.63) is 46.4 Å². The van der Waals surface area contributed by atoms with E-state index in [0.717, 1.165) is 11.3 Å². The third-order valence-electron chi connectivity index (χ3n) is 3.05. The maximum absolute atomic E-state index is 12.8. The van der Waals surface area contributed by atoms with Crippen molar-refractivity contribution in [3.8, 4) is 0 Å². The number of amides is 1. The van der Waals surface area contributed by atoms with Gasteiger partial charge in [0.1, 0.15) is 5.82 Å². The summed E-state index contributed by atoms with van der Waals surface area (Å²) in [6.07, 6.45) is 0. The minimum atomic E-state index is -3.57. The highest BCUT2D eigenvalue weighted by molar-refractivity contribution is 7.89. The van der Waals surface area contributed by atoms with Crippen molar-refractivity contribution in [1.82, 2.24) is 4.31 Å². The molecule has 1 aromatic heterocycles. The molecule has 1 heterocycles. The van der Waals surface area contributed by atoms with Gasteiger partial charge in [-0.25, -0.2) is 17.1 Å². The number of nitrogens with one attached hydrogen (secondary N) is 1.